The number of benzene rings is 1. The fraction of sp³-hybridized carbons (Fsp3) is 0. The van der Waals surface area contributed by atoms with E-state index < -0.39 is 6.09 Å². The molecule has 0 N–H and O–H groups in total. The van der Waals surface area contributed by atoms with E-state index in [0.717, 1.165) is 5.56 Å². The molecule has 0 aromatic heterocycles. The third-order valence-corrected chi connectivity index (χ3v) is 1.69. The van der Waals surface area contributed by atoms with Gasteiger partial charge in [0.25, 0.3) is 0 Å². The summed E-state index contributed by atoms with van der Waals surface area (Å²) in [5.74, 6) is 0.509. The zero-order valence-corrected chi connectivity index (χ0v) is 6.64. The number of carboxylic acid groups (broad SMARTS) is 1. The molecule has 1 amide bonds. The highest BCUT2D eigenvalue weighted by molar-refractivity contribution is 5.68. The van der Waals surface area contributed by atoms with Gasteiger partial charge in [-0.25, -0.2) is 0 Å². The Balaban J connectivity index is 2.34. The van der Waals surface area contributed by atoms with E-state index in [9.17, 15) is 9.90 Å². The molecule has 4 nitrogen and oxygen atoms in total. The molecule has 0 atom stereocenters. The number of hydrogen-bond acceptors (Lipinski definition) is 3. The van der Waals surface area contributed by atoms with Crippen LogP contribution in [0.1, 0.15) is 5.56 Å². The van der Waals surface area contributed by atoms with Crippen molar-refractivity contribution in [2.75, 3.05) is 0 Å². The topological polar surface area (TPSA) is 52.6 Å². The van der Waals surface area contributed by atoms with Gasteiger partial charge in [0.05, 0.1) is 0 Å². The summed E-state index contributed by atoms with van der Waals surface area (Å²) in [6, 6.07) is 7.14. The lowest BCUT2D eigenvalue weighted by atomic mass is 10.2. The van der Waals surface area contributed by atoms with Crippen LogP contribution in [0.3, 0.4) is 0 Å². The molecule has 13 heavy (non-hydrogen) atoms. The first-order valence-electron chi connectivity index (χ1n) is 3.73. The first-order chi connectivity index (χ1) is 6.27. The SMILES string of the molecule is O=C([O-])N1C=Cc2ccccc2O1. The van der Waals surface area contributed by atoms with E-state index in [1.807, 2.05) is 12.1 Å². The molecule has 0 unspecified atom stereocenters. The Kier molecular flexibility index (Phi) is 1.66. The van der Waals surface area contributed by atoms with Crippen molar-refractivity contribution in [2.24, 2.45) is 0 Å². The molecule has 2 rings (SSSR count). The van der Waals surface area contributed by atoms with Crippen LogP contribution in [0.2, 0.25) is 0 Å². The molecule has 1 heterocycles. The van der Waals surface area contributed by atoms with Gasteiger partial charge >= 0.3 is 0 Å². The average Bonchev–Trinajstić information content (AvgIpc) is 2.17. The first-order valence-corrected chi connectivity index (χ1v) is 3.73. The normalized spacial score (nSPS) is 13.4. The maximum atomic E-state index is 10.4. The number of hydroxylamine groups is 2. The van der Waals surface area contributed by atoms with Crippen LogP contribution in [0.5, 0.6) is 5.75 Å². The van der Waals surface area contributed by atoms with Crippen LogP contribution in [0, 0.1) is 0 Å². The molecule has 0 saturated carbocycles. The van der Waals surface area contributed by atoms with Crippen molar-refractivity contribution in [1.29, 1.82) is 0 Å². The van der Waals surface area contributed by atoms with E-state index in [1.54, 1.807) is 18.2 Å². The van der Waals surface area contributed by atoms with E-state index in [4.69, 9.17) is 4.84 Å². The van der Waals surface area contributed by atoms with Gasteiger partial charge in [0, 0.05) is 11.8 Å². The van der Waals surface area contributed by atoms with Gasteiger partial charge in [-0.3, -0.25) is 0 Å². The quantitative estimate of drug-likeness (QED) is 0.582. The minimum atomic E-state index is -1.38. The van der Waals surface area contributed by atoms with E-state index in [0.29, 0.717) is 10.8 Å². The fourth-order valence-corrected chi connectivity index (χ4v) is 1.08. The average molecular weight is 176 g/mol. The van der Waals surface area contributed by atoms with Gasteiger partial charge in [-0.1, -0.05) is 18.2 Å². The number of amides is 1. The summed E-state index contributed by atoms with van der Waals surface area (Å²) in [6.07, 6.45) is 1.57. The second-order valence-electron chi connectivity index (χ2n) is 2.54. The van der Waals surface area contributed by atoms with Crippen LogP contribution in [-0.2, 0) is 0 Å². The lowest BCUT2D eigenvalue weighted by Gasteiger charge is -2.24. The van der Waals surface area contributed by atoms with Crippen LogP contribution in [-0.4, -0.2) is 11.2 Å². The Morgan fingerprint density at radius 1 is 1.38 bits per heavy atom. The third-order valence-electron chi connectivity index (χ3n) is 1.69. The van der Waals surface area contributed by atoms with Crippen LogP contribution in [0.15, 0.2) is 30.5 Å². The van der Waals surface area contributed by atoms with Gasteiger partial charge < -0.3 is 14.7 Å². The molecular weight excluding hydrogens is 170 g/mol. The van der Waals surface area contributed by atoms with Gasteiger partial charge in [0.2, 0.25) is 0 Å². The molecule has 4 heteroatoms. The highest BCUT2D eigenvalue weighted by atomic mass is 16.7. The molecule has 0 radical (unpaired) electrons. The van der Waals surface area contributed by atoms with Gasteiger partial charge in [-0.15, -0.1) is 0 Å². The summed E-state index contributed by atoms with van der Waals surface area (Å²) in [4.78, 5) is 15.4. The minimum absolute atomic E-state index is 0.509. The largest absolute Gasteiger partial charge is 0.527 e. The third kappa shape index (κ3) is 1.33. The first kappa shape index (κ1) is 7.67. The Labute approximate surface area is 74.6 Å². The van der Waals surface area contributed by atoms with Crippen molar-refractivity contribution in [3.8, 4) is 5.75 Å². The predicted molar refractivity (Wildman–Crippen MR) is 43.3 cm³/mol. The van der Waals surface area contributed by atoms with Crippen molar-refractivity contribution >= 4 is 12.2 Å². The Bertz CT molecular complexity index is 373. The highest BCUT2D eigenvalue weighted by Gasteiger charge is 2.10. The van der Waals surface area contributed by atoms with Crippen molar-refractivity contribution in [3.05, 3.63) is 36.0 Å². The van der Waals surface area contributed by atoms with Crippen molar-refractivity contribution < 1.29 is 14.7 Å². The standard InChI is InChI=1S/C9H7NO3/c11-9(12)10-6-5-7-3-1-2-4-8(7)13-10/h1-6H,(H,11,12)/p-1. The van der Waals surface area contributed by atoms with E-state index >= 15 is 0 Å². The Morgan fingerprint density at radius 2 is 2.15 bits per heavy atom. The maximum Gasteiger partial charge on any atom is 0.179 e. The smallest absolute Gasteiger partial charge is 0.179 e. The molecule has 0 fully saturated rings. The molecule has 0 saturated heterocycles. The van der Waals surface area contributed by atoms with Crippen LogP contribution in [0.4, 0.5) is 4.79 Å². The summed E-state index contributed by atoms with van der Waals surface area (Å²) in [5.41, 5.74) is 0.847. The second-order valence-corrected chi connectivity index (χ2v) is 2.54. The number of carbonyl (C=O) groups is 1. The van der Waals surface area contributed by atoms with E-state index in [-0.39, 0.29) is 0 Å². The number of rotatable bonds is 0. The maximum absolute atomic E-state index is 10.4. The summed E-state index contributed by atoms with van der Waals surface area (Å²) < 4.78 is 0. The van der Waals surface area contributed by atoms with E-state index in [1.165, 1.54) is 6.20 Å². The number of para-hydroxylation sites is 1. The zero-order valence-electron chi connectivity index (χ0n) is 6.64. The van der Waals surface area contributed by atoms with Crippen LogP contribution >= 0.6 is 0 Å². The molecule has 1 aliphatic heterocycles. The van der Waals surface area contributed by atoms with Crippen molar-refractivity contribution in [3.63, 3.8) is 0 Å². The predicted octanol–water partition coefficient (Wildman–Crippen LogP) is 0.610. The lowest BCUT2D eigenvalue weighted by molar-refractivity contribution is -0.281. The second kappa shape index (κ2) is 2.82. The van der Waals surface area contributed by atoms with Crippen LogP contribution in [0.25, 0.3) is 6.08 Å². The molecule has 1 aromatic carbocycles. The number of fused-ring (bicyclic) bond motifs is 1. The fourth-order valence-electron chi connectivity index (χ4n) is 1.08. The summed E-state index contributed by atoms with van der Waals surface area (Å²) >= 11 is 0. The monoisotopic (exact) mass is 176 g/mol. The summed E-state index contributed by atoms with van der Waals surface area (Å²) in [5, 5.41) is 11.1. The molecule has 0 aliphatic carbocycles. The molecule has 0 spiro atoms. The minimum Gasteiger partial charge on any atom is -0.527 e. The van der Waals surface area contributed by atoms with Crippen LogP contribution < -0.4 is 9.94 Å². The highest BCUT2D eigenvalue weighted by Crippen LogP contribution is 2.24. The molecular formula is C9H6NO3-. The molecule has 0 bridgehead atoms. The number of hydrogen-bond donors (Lipinski definition) is 0. The van der Waals surface area contributed by atoms with Gasteiger partial charge in [-0.05, 0) is 12.1 Å². The number of carbonyl (C=O) groups excluding carboxylic acids is 1. The van der Waals surface area contributed by atoms with Crippen molar-refractivity contribution in [1.82, 2.24) is 5.06 Å². The van der Waals surface area contributed by atoms with Crippen molar-refractivity contribution in [2.45, 2.75) is 0 Å². The molecule has 1 aliphatic rings. The summed E-state index contributed by atoms with van der Waals surface area (Å²) in [6.45, 7) is 0. The summed E-state index contributed by atoms with van der Waals surface area (Å²) in [7, 11) is 0. The van der Waals surface area contributed by atoms with E-state index in [2.05, 4.69) is 0 Å². The molecule has 66 valence electrons. The Hall–Kier alpha value is -1.97. The number of nitrogens with zero attached hydrogens (tertiary/aromatic N) is 1. The Morgan fingerprint density at radius 3 is 2.92 bits per heavy atom. The van der Waals surface area contributed by atoms with Gasteiger partial charge in [0.15, 0.2) is 11.8 Å². The molecule has 1 aromatic rings. The van der Waals surface area contributed by atoms with Gasteiger partial charge in [-0.2, -0.15) is 5.06 Å². The lowest BCUT2D eigenvalue weighted by Crippen LogP contribution is -2.40. The zero-order chi connectivity index (χ0) is 9.26. The van der Waals surface area contributed by atoms with Gasteiger partial charge in [0.1, 0.15) is 0 Å².